The summed E-state index contributed by atoms with van der Waals surface area (Å²) in [4.78, 5) is 17.5. The Bertz CT molecular complexity index is 1260. The Hall–Kier alpha value is -3.07. The standard InChI is InChI=1S/C29H37N3O4S/c1-5-21(2)19-32(37(35,36)25-16-14-22(3)15-17-25)20-28(33)27(18-24-11-7-6-8-12-24)31-29(34)26-13-9-10-23(4)30-26/h6-17,21,27-28,33H,5,18-20H2,1-4H3,(H,31,34)/t21-,27-,28+/m0/s1. The first-order chi connectivity index (χ1) is 17.6. The lowest BCUT2D eigenvalue weighted by Crippen LogP contribution is -2.51. The number of nitrogens with one attached hydrogen (secondary N) is 1. The fraction of sp³-hybridized carbons (Fsp3) is 0.379. The van der Waals surface area contributed by atoms with Crippen LogP contribution in [0.2, 0.25) is 0 Å². The minimum atomic E-state index is -3.86. The fourth-order valence-electron chi connectivity index (χ4n) is 4.01. The van der Waals surface area contributed by atoms with Gasteiger partial charge in [0.1, 0.15) is 5.69 Å². The van der Waals surface area contributed by atoms with Gasteiger partial charge in [0.15, 0.2) is 0 Å². The normalized spacial score (nSPS) is 14.2. The molecule has 3 rings (SSSR count). The summed E-state index contributed by atoms with van der Waals surface area (Å²) < 4.78 is 28.6. The zero-order chi connectivity index (χ0) is 27.0. The molecule has 7 nitrogen and oxygen atoms in total. The molecule has 0 bridgehead atoms. The van der Waals surface area contributed by atoms with Crippen LogP contribution >= 0.6 is 0 Å². The number of carbonyl (C=O) groups is 1. The van der Waals surface area contributed by atoms with E-state index < -0.39 is 28.1 Å². The van der Waals surface area contributed by atoms with E-state index in [1.165, 1.54) is 4.31 Å². The van der Waals surface area contributed by atoms with Crippen molar-refractivity contribution < 1.29 is 18.3 Å². The van der Waals surface area contributed by atoms with Gasteiger partial charge >= 0.3 is 0 Å². The van der Waals surface area contributed by atoms with Gasteiger partial charge in [-0.15, -0.1) is 0 Å². The lowest BCUT2D eigenvalue weighted by atomic mass is 10.0. The summed E-state index contributed by atoms with van der Waals surface area (Å²) in [5.41, 5.74) is 2.83. The molecular formula is C29H37N3O4S. The zero-order valence-electron chi connectivity index (χ0n) is 22.0. The third-order valence-corrected chi connectivity index (χ3v) is 8.31. The van der Waals surface area contributed by atoms with Gasteiger partial charge in [0, 0.05) is 18.8 Å². The number of nitrogens with zero attached hydrogens (tertiary/aromatic N) is 2. The van der Waals surface area contributed by atoms with E-state index in [9.17, 15) is 18.3 Å². The first-order valence-corrected chi connectivity index (χ1v) is 14.1. The lowest BCUT2D eigenvalue weighted by molar-refractivity contribution is 0.0769. The molecule has 2 N–H and O–H groups in total. The van der Waals surface area contributed by atoms with Crippen molar-refractivity contribution in [3.8, 4) is 0 Å². The Kier molecular flexibility index (Phi) is 9.97. The van der Waals surface area contributed by atoms with Crippen LogP contribution in [-0.2, 0) is 16.4 Å². The second-order valence-corrected chi connectivity index (χ2v) is 11.6. The van der Waals surface area contributed by atoms with Gasteiger partial charge < -0.3 is 10.4 Å². The van der Waals surface area contributed by atoms with Crippen LogP contribution in [-0.4, -0.2) is 54.0 Å². The van der Waals surface area contributed by atoms with Crippen molar-refractivity contribution >= 4 is 15.9 Å². The molecule has 3 aromatic rings. The molecule has 1 heterocycles. The number of benzene rings is 2. The van der Waals surface area contributed by atoms with E-state index in [2.05, 4.69) is 10.3 Å². The van der Waals surface area contributed by atoms with E-state index in [1.54, 1.807) is 49.4 Å². The molecular weight excluding hydrogens is 486 g/mol. The van der Waals surface area contributed by atoms with Gasteiger partial charge in [0.25, 0.3) is 5.91 Å². The van der Waals surface area contributed by atoms with Crippen molar-refractivity contribution in [3.05, 3.63) is 95.3 Å². The average molecular weight is 524 g/mol. The highest BCUT2D eigenvalue weighted by atomic mass is 32.2. The largest absolute Gasteiger partial charge is 0.390 e. The summed E-state index contributed by atoms with van der Waals surface area (Å²) in [5.74, 6) is -0.329. The van der Waals surface area contributed by atoms with Crippen molar-refractivity contribution in [2.75, 3.05) is 13.1 Å². The molecule has 0 aliphatic heterocycles. The molecule has 0 saturated heterocycles. The number of rotatable bonds is 12. The second-order valence-electron chi connectivity index (χ2n) is 9.65. The summed E-state index contributed by atoms with van der Waals surface area (Å²) in [7, 11) is -3.86. The predicted octanol–water partition coefficient (Wildman–Crippen LogP) is 4.14. The van der Waals surface area contributed by atoms with Crippen LogP contribution in [0.4, 0.5) is 0 Å². The fourth-order valence-corrected chi connectivity index (χ4v) is 5.58. The van der Waals surface area contributed by atoms with Crippen molar-refractivity contribution in [3.63, 3.8) is 0 Å². The van der Waals surface area contributed by atoms with Crippen LogP contribution < -0.4 is 5.32 Å². The number of hydrogen-bond donors (Lipinski definition) is 2. The lowest BCUT2D eigenvalue weighted by Gasteiger charge is -2.31. The Labute approximate surface area is 220 Å². The van der Waals surface area contributed by atoms with Gasteiger partial charge in [0.05, 0.1) is 17.0 Å². The number of pyridine rings is 1. The van der Waals surface area contributed by atoms with Gasteiger partial charge in [-0.2, -0.15) is 4.31 Å². The highest BCUT2D eigenvalue weighted by molar-refractivity contribution is 7.89. The number of hydrogen-bond acceptors (Lipinski definition) is 5. The molecule has 8 heteroatoms. The van der Waals surface area contributed by atoms with Crippen LogP contribution in [0.5, 0.6) is 0 Å². The highest BCUT2D eigenvalue weighted by Gasteiger charge is 2.32. The number of amides is 1. The second kappa shape index (κ2) is 12.9. The van der Waals surface area contributed by atoms with Crippen LogP contribution in [0.25, 0.3) is 0 Å². The van der Waals surface area contributed by atoms with E-state index in [4.69, 9.17) is 0 Å². The third-order valence-electron chi connectivity index (χ3n) is 6.46. The van der Waals surface area contributed by atoms with Crippen LogP contribution in [0.3, 0.4) is 0 Å². The number of aromatic nitrogens is 1. The molecule has 0 spiro atoms. The Morgan fingerprint density at radius 1 is 0.973 bits per heavy atom. The van der Waals surface area contributed by atoms with Gasteiger partial charge in [0.2, 0.25) is 10.0 Å². The number of aryl methyl sites for hydroxylation is 2. The monoisotopic (exact) mass is 523 g/mol. The molecule has 37 heavy (non-hydrogen) atoms. The summed E-state index contributed by atoms with van der Waals surface area (Å²) >= 11 is 0. The van der Waals surface area contributed by atoms with Gasteiger partial charge in [-0.05, 0) is 56.0 Å². The maximum Gasteiger partial charge on any atom is 0.270 e. The Morgan fingerprint density at radius 3 is 2.27 bits per heavy atom. The molecule has 198 valence electrons. The molecule has 0 unspecified atom stereocenters. The van der Waals surface area contributed by atoms with Crippen molar-refractivity contribution in [1.29, 1.82) is 0 Å². The van der Waals surface area contributed by atoms with Crippen LogP contribution in [0.15, 0.2) is 77.7 Å². The smallest absolute Gasteiger partial charge is 0.270 e. The molecule has 0 radical (unpaired) electrons. The number of carbonyl (C=O) groups excluding carboxylic acids is 1. The van der Waals surface area contributed by atoms with Gasteiger partial charge in [-0.25, -0.2) is 13.4 Å². The Morgan fingerprint density at radius 2 is 1.65 bits per heavy atom. The molecule has 0 aliphatic carbocycles. The predicted molar refractivity (Wildman–Crippen MR) is 146 cm³/mol. The summed E-state index contributed by atoms with van der Waals surface area (Å²) in [5, 5.41) is 14.3. The molecule has 0 fully saturated rings. The molecule has 3 atom stereocenters. The molecule has 1 aromatic heterocycles. The van der Waals surface area contributed by atoms with E-state index in [0.717, 1.165) is 17.5 Å². The average Bonchev–Trinajstić information content (AvgIpc) is 2.88. The SMILES string of the molecule is CC[C@H](C)CN(C[C@@H](O)[C@H](Cc1ccccc1)NC(=O)c1cccc(C)n1)S(=O)(=O)c1ccc(C)cc1. The molecule has 1 amide bonds. The first-order valence-electron chi connectivity index (χ1n) is 12.6. The molecule has 0 aliphatic rings. The van der Waals surface area contributed by atoms with Crippen molar-refractivity contribution in [2.45, 2.75) is 57.6 Å². The number of sulfonamides is 1. The van der Waals surface area contributed by atoms with Gasteiger partial charge in [-0.1, -0.05) is 74.4 Å². The molecule has 2 aromatic carbocycles. The topological polar surface area (TPSA) is 99.6 Å². The number of aliphatic hydroxyl groups is 1. The minimum absolute atomic E-state index is 0.0890. The van der Waals surface area contributed by atoms with E-state index in [1.807, 2.05) is 51.1 Å². The Balaban J connectivity index is 1.90. The minimum Gasteiger partial charge on any atom is -0.390 e. The third kappa shape index (κ3) is 7.95. The van der Waals surface area contributed by atoms with Crippen molar-refractivity contribution in [1.82, 2.24) is 14.6 Å². The van der Waals surface area contributed by atoms with E-state index in [0.29, 0.717) is 12.1 Å². The van der Waals surface area contributed by atoms with Crippen molar-refractivity contribution in [2.24, 2.45) is 5.92 Å². The quantitative estimate of drug-likeness (QED) is 0.372. The summed E-state index contributed by atoms with van der Waals surface area (Å²) in [6, 6.07) is 20.6. The highest BCUT2D eigenvalue weighted by Crippen LogP contribution is 2.20. The van der Waals surface area contributed by atoms with Crippen LogP contribution in [0, 0.1) is 19.8 Å². The molecule has 0 saturated carbocycles. The maximum absolute atomic E-state index is 13.6. The van der Waals surface area contributed by atoms with Crippen LogP contribution in [0.1, 0.15) is 47.6 Å². The number of aliphatic hydroxyl groups excluding tert-OH is 1. The van der Waals surface area contributed by atoms with E-state index >= 15 is 0 Å². The maximum atomic E-state index is 13.6. The first kappa shape index (κ1) is 28.5. The summed E-state index contributed by atoms with van der Waals surface area (Å²) in [6.07, 6.45) is -0.0289. The zero-order valence-corrected chi connectivity index (χ0v) is 22.8. The van der Waals surface area contributed by atoms with Gasteiger partial charge in [-0.3, -0.25) is 4.79 Å². The van der Waals surface area contributed by atoms with E-state index in [-0.39, 0.29) is 29.6 Å². The summed E-state index contributed by atoms with van der Waals surface area (Å²) in [6.45, 7) is 7.79.